The summed E-state index contributed by atoms with van der Waals surface area (Å²) >= 11 is 0. The number of anilines is 1. The number of amides is 1. The molecule has 0 spiro atoms. The van der Waals surface area contributed by atoms with E-state index in [9.17, 15) is 4.79 Å². The van der Waals surface area contributed by atoms with Crippen LogP contribution in [0.2, 0.25) is 0 Å². The third kappa shape index (κ3) is 7.05. The molecule has 2 aromatic carbocycles. The number of benzene rings is 2. The fraction of sp³-hybridized carbons (Fsp3) is 0.333. The topological polar surface area (TPSA) is 69.7 Å². The molecular formula is C27H32N2O4. The van der Waals surface area contributed by atoms with E-state index >= 15 is 0 Å². The van der Waals surface area contributed by atoms with Crippen molar-refractivity contribution in [3.05, 3.63) is 77.6 Å². The summed E-state index contributed by atoms with van der Waals surface area (Å²) in [6.07, 6.45) is 0.918. The monoisotopic (exact) mass is 448 g/mol. The van der Waals surface area contributed by atoms with Crippen molar-refractivity contribution in [2.24, 2.45) is 0 Å². The molecule has 1 N–H and O–H groups in total. The Hall–Kier alpha value is -3.38. The van der Waals surface area contributed by atoms with Crippen molar-refractivity contribution < 1.29 is 19.0 Å². The number of aromatic nitrogens is 1. The zero-order valence-electron chi connectivity index (χ0n) is 19.9. The third-order valence-corrected chi connectivity index (χ3v) is 4.85. The van der Waals surface area contributed by atoms with Gasteiger partial charge in [0.2, 0.25) is 0 Å². The number of rotatable bonds is 10. The van der Waals surface area contributed by atoms with Crippen LogP contribution in [0, 0.1) is 6.92 Å². The fourth-order valence-electron chi connectivity index (χ4n) is 3.28. The lowest BCUT2D eigenvalue weighted by Crippen LogP contribution is -2.15. The van der Waals surface area contributed by atoms with Crippen molar-refractivity contribution in [3.8, 4) is 17.2 Å². The molecule has 0 aliphatic carbocycles. The fourth-order valence-corrected chi connectivity index (χ4v) is 3.28. The number of hydrogen-bond donors (Lipinski definition) is 1. The standard InChI is InChI=1S/C27H32N2O4/c1-6-15-31-20(5)26-14-13-25(19(4)28-26)27(30)29-21-9-7-10-22(16-21)33-24-12-8-11-23(17-24)32-18(2)3/h7-14,16-18,20H,6,15H2,1-5H3,(H,29,30). The maximum atomic E-state index is 12.9. The predicted octanol–water partition coefficient (Wildman–Crippen LogP) is 6.71. The van der Waals surface area contributed by atoms with Gasteiger partial charge in [-0.2, -0.15) is 0 Å². The first-order chi connectivity index (χ1) is 15.9. The minimum Gasteiger partial charge on any atom is -0.491 e. The highest BCUT2D eigenvalue weighted by atomic mass is 16.5. The van der Waals surface area contributed by atoms with Crippen LogP contribution in [0.15, 0.2) is 60.7 Å². The number of carbonyl (C=O) groups excluding carboxylic acids is 1. The van der Waals surface area contributed by atoms with Gasteiger partial charge < -0.3 is 19.5 Å². The first-order valence-corrected chi connectivity index (χ1v) is 11.3. The summed E-state index contributed by atoms with van der Waals surface area (Å²) in [6.45, 7) is 10.5. The quantitative estimate of drug-likeness (QED) is 0.373. The lowest BCUT2D eigenvalue weighted by molar-refractivity contribution is 0.0632. The van der Waals surface area contributed by atoms with E-state index in [4.69, 9.17) is 14.2 Å². The number of carbonyl (C=O) groups is 1. The summed E-state index contributed by atoms with van der Waals surface area (Å²) in [5.74, 6) is 1.79. The Bertz CT molecular complexity index is 1080. The molecule has 33 heavy (non-hydrogen) atoms. The summed E-state index contributed by atoms with van der Waals surface area (Å²) in [5.41, 5.74) is 2.63. The molecule has 0 bridgehead atoms. The number of hydrogen-bond acceptors (Lipinski definition) is 5. The second-order valence-electron chi connectivity index (χ2n) is 8.11. The smallest absolute Gasteiger partial charge is 0.257 e. The highest BCUT2D eigenvalue weighted by Crippen LogP contribution is 2.28. The Morgan fingerprint density at radius 1 is 0.970 bits per heavy atom. The van der Waals surface area contributed by atoms with Gasteiger partial charge in [0.25, 0.3) is 5.91 Å². The lowest BCUT2D eigenvalue weighted by Gasteiger charge is -2.14. The molecular weight excluding hydrogens is 416 g/mol. The molecule has 6 heteroatoms. The van der Waals surface area contributed by atoms with E-state index in [0.717, 1.165) is 17.9 Å². The van der Waals surface area contributed by atoms with E-state index in [1.165, 1.54) is 0 Å². The van der Waals surface area contributed by atoms with Crippen LogP contribution in [0.5, 0.6) is 17.2 Å². The number of aryl methyl sites for hydroxylation is 1. The minimum atomic E-state index is -0.224. The largest absolute Gasteiger partial charge is 0.491 e. The molecule has 174 valence electrons. The van der Waals surface area contributed by atoms with Gasteiger partial charge in [-0.25, -0.2) is 0 Å². The molecule has 0 fully saturated rings. The first-order valence-electron chi connectivity index (χ1n) is 11.3. The Morgan fingerprint density at radius 3 is 2.36 bits per heavy atom. The number of pyridine rings is 1. The molecule has 1 heterocycles. The van der Waals surface area contributed by atoms with Crippen LogP contribution in [-0.4, -0.2) is 23.6 Å². The van der Waals surface area contributed by atoms with Crippen molar-refractivity contribution in [2.75, 3.05) is 11.9 Å². The second-order valence-corrected chi connectivity index (χ2v) is 8.11. The third-order valence-electron chi connectivity index (χ3n) is 4.85. The van der Waals surface area contributed by atoms with Gasteiger partial charge >= 0.3 is 0 Å². The summed E-state index contributed by atoms with van der Waals surface area (Å²) in [4.78, 5) is 17.4. The molecule has 3 aromatic rings. The van der Waals surface area contributed by atoms with E-state index in [0.29, 0.717) is 35.1 Å². The van der Waals surface area contributed by atoms with Gasteiger partial charge in [0.1, 0.15) is 17.2 Å². The minimum absolute atomic E-state index is 0.0814. The Labute approximate surface area is 195 Å². The van der Waals surface area contributed by atoms with Crippen LogP contribution < -0.4 is 14.8 Å². The molecule has 3 rings (SSSR count). The molecule has 6 nitrogen and oxygen atoms in total. The highest BCUT2D eigenvalue weighted by molar-refractivity contribution is 6.05. The summed E-state index contributed by atoms with van der Waals surface area (Å²) in [6, 6.07) is 18.4. The van der Waals surface area contributed by atoms with E-state index in [-0.39, 0.29) is 18.1 Å². The normalized spacial score (nSPS) is 11.8. The van der Waals surface area contributed by atoms with Gasteiger partial charge in [0, 0.05) is 24.4 Å². The average Bonchev–Trinajstić information content (AvgIpc) is 2.77. The molecule has 0 aliphatic rings. The van der Waals surface area contributed by atoms with Gasteiger partial charge in [-0.15, -0.1) is 0 Å². The Balaban J connectivity index is 1.68. The van der Waals surface area contributed by atoms with Crippen LogP contribution in [0.4, 0.5) is 5.69 Å². The van der Waals surface area contributed by atoms with Crippen LogP contribution in [0.25, 0.3) is 0 Å². The van der Waals surface area contributed by atoms with Crippen LogP contribution >= 0.6 is 0 Å². The molecule has 1 atom stereocenters. The Morgan fingerprint density at radius 2 is 1.67 bits per heavy atom. The summed E-state index contributed by atoms with van der Waals surface area (Å²) < 4.78 is 17.4. The van der Waals surface area contributed by atoms with E-state index < -0.39 is 0 Å². The average molecular weight is 449 g/mol. The lowest BCUT2D eigenvalue weighted by atomic mass is 10.1. The summed E-state index contributed by atoms with van der Waals surface area (Å²) in [5, 5.41) is 2.93. The maximum Gasteiger partial charge on any atom is 0.257 e. The van der Waals surface area contributed by atoms with Crippen LogP contribution in [-0.2, 0) is 4.74 Å². The molecule has 1 aromatic heterocycles. The van der Waals surface area contributed by atoms with Gasteiger partial charge in [0.15, 0.2) is 0 Å². The maximum absolute atomic E-state index is 12.9. The Kier molecular flexibility index (Phi) is 8.44. The molecule has 0 aliphatic heterocycles. The van der Waals surface area contributed by atoms with Crippen molar-refractivity contribution in [1.82, 2.24) is 4.98 Å². The predicted molar refractivity (Wildman–Crippen MR) is 130 cm³/mol. The van der Waals surface area contributed by atoms with Gasteiger partial charge in [-0.3, -0.25) is 9.78 Å². The second kappa shape index (κ2) is 11.5. The number of nitrogens with zero attached hydrogens (tertiary/aromatic N) is 1. The molecule has 0 saturated carbocycles. The van der Waals surface area contributed by atoms with Gasteiger partial charge in [0.05, 0.1) is 29.2 Å². The SMILES string of the molecule is CCCOC(C)c1ccc(C(=O)Nc2cccc(Oc3cccc(OC(C)C)c3)c2)c(C)n1. The number of ether oxygens (including phenoxy) is 3. The van der Waals surface area contributed by atoms with Gasteiger partial charge in [-0.05, 0) is 70.5 Å². The highest BCUT2D eigenvalue weighted by Gasteiger charge is 2.14. The van der Waals surface area contributed by atoms with E-state index in [2.05, 4.69) is 17.2 Å². The van der Waals surface area contributed by atoms with E-state index in [1.807, 2.05) is 76.2 Å². The zero-order chi connectivity index (χ0) is 23.8. The van der Waals surface area contributed by atoms with Crippen molar-refractivity contribution in [1.29, 1.82) is 0 Å². The molecule has 1 amide bonds. The first kappa shape index (κ1) is 24.3. The summed E-state index contributed by atoms with van der Waals surface area (Å²) in [7, 11) is 0. The van der Waals surface area contributed by atoms with Crippen LogP contribution in [0.3, 0.4) is 0 Å². The zero-order valence-corrected chi connectivity index (χ0v) is 19.9. The van der Waals surface area contributed by atoms with Gasteiger partial charge in [-0.1, -0.05) is 19.1 Å². The van der Waals surface area contributed by atoms with Crippen molar-refractivity contribution in [3.63, 3.8) is 0 Å². The molecule has 0 saturated heterocycles. The molecule has 0 radical (unpaired) electrons. The van der Waals surface area contributed by atoms with Crippen molar-refractivity contribution in [2.45, 2.75) is 53.2 Å². The van der Waals surface area contributed by atoms with Crippen molar-refractivity contribution >= 4 is 11.6 Å². The van der Waals surface area contributed by atoms with E-state index in [1.54, 1.807) is 12.1 Å². The van der Waals surface area contributed by atoms with Crippen LogP contribution in [0.1, 0.15) is 62.0 Å². The molecule has 1 unspecified atom stereocenters. The number of nitrogens with one attached hydrogen (secondary N) is 1.